The van der Waals surface area contributed by atoms with Crippen molar-refractivity contribution in [2.45, 2.75) is 38.0 Å². The fraction of sp³-hybridized carbons (Fsp3) is 0.474. The molecule has 2 aromatic heterocycles. The molecule has 4 rings (SSSR count). The second kappa shape index (κ2) is 11.8. The molecule has 1 fully saturated rings. The number of halogens is 2. The summed E-state index contributed by atoms with van der Waals surface area (Å²) in [6.07, 6.45) is -5.70. The topological polar surface area (TPSA) is 211 Å². The number of nitrogens with one attached hydrogen (secondary N) is 1. The van der Waals surface area contributed by atoms with Crippen molar-refractivity contribution in [2.24, 2.45) is 0 Å². The first-order valence-electron chi connectivity index (χ1n) is 11.1. The molecule has 3 aromatic rings. The van der Waals surface area contributed by atoms with Crippen LogP contribution in [0.3, 0.4) is 0 Å². The highest BCUT2D eigenvalue weighted by molar-refractivity contribution is 7.70. The van der Waals surface area contributed by atoms with Gasteiger partial charge in [-0.25, -0.2) is 0 Å². The van der Waals surface area contributed by atoms with E-state index in [1.54, 1.807) is 12.1 Å². The Balaban J connectivity index is 1.53. The largest absolute Gasteiger partial charge is 0.387 e. The number of hydrogen-bond donors (Lipinski definition) is 5. The molecule has 1 aliphatic rings. The fourth-order valence-electron chi connectivity index (χ4n) is 3.72. The van der Waals surface area contributed by atoms with E-state index < -0.39 is 52.2 Å². The molecule has 5 atom stereocenters. The first-order chi connectivity index (χ1) is 17.9. The van der Waals surface area contributed by atoms with Gasteiger partial charge in [-0.3, -0.25) is 9.13 Å². The summed E-state index contributed by atoms with van der Waals surface area (Å²) in [5, 5.41) is 32.6. The molecule has 0 radical (unpaired) electrons. The zero-order valence-corrected chi connectivity index (χ0v) is 23.0. The van der Waals surface area contributed by atoms with E-state index in [-0.39, 0.29) is 35.4 Å². The first kappa shape index (κ1) is 29.2. The van der Waals surface area contributed by atoms with Gasteiger partial charge in [-0.1, -0.05) is 35.0 Å². The third-order valence-corrected chi connectivity index (χ3v) is 9.99. The maximum Gasteiger partial charge on any atom is 0.342 e. The lowest BCUT2D eigenvalue weighted by Crippen LogP contribution is -2.34. The van der Waals surface area contributed by atoms with Crippen molar-refractivity contribution in [3.8, 4) is 0 Å². The molecule has 0 saturated carbocycles. The maximum absolute atomic E-state index is 12.7. The lowest BCUT2D eigenvalue weighted by atomic mass is 10.1. The van der Waals surface area contributed by atoms with E-state index in [2.05, 4.69) is 25.6 Å². The molecule has 19 heteroatoms. The van der Waals surface area contributed by atoms with Gasteiger partial charge in [-0.05, 0) is 30.2 Å². The molecular weight excluding hydrogens is 589 g/mol. The molecule has 1 aromatic carbocycles. The summed E-state index contributed by atoms with van der Waals surface area (Å²) in [5.74, 6) is -0.926. The van der Waals surface area contributed by atoms with Crippen LogP contribution in [0.5, 0.6) is 0 Å². The zero-order chi connectivity index (χ0) is 27.7. The Morgan fingerprint density at radius 3 is 2.55 bits per heavy atom. The number of benzene rings is 1. The molecule has 38 heavy (non-hydrogen) atoms. The van der Waals surface area contributed by atoms with Crippen LogP contribution in [-0.2, 0) is 29.5 Å². The number of nitrogens with zero attached hydrogens (tertiary/aromatic N) is 5. The minimum atomic E-state index is -4.75. The summed E-state index contributed by atoms with van der Waals surface area (Å²) in [5.41, 5.74) is 1.05. The zero-order valence-electron chi connectivity index (χ0n) is 19.7. The number of rotatable bonds is 11. The number of fused-ring (bicyclic) bond motifs is 1. The SMILES string of the molecule is CCOP(=O)(CP(=O)(O)O)OC[C@H]1O[C@@H](n2nnc3c(NCc4ccccc4Cl)nc(Cl)nc32)[C@H](O)[C@@H]1O. The minimum Gasteiger partial charge on any atom is -0.387 e. The fourth-order valence-corrected chi connectivity index (χ4v) is 7.38. The molecule has 15 nitrogen and oxygen atoms in total. The normalized spacial score (nSPS) is 23.6. The van der Waals surface area contributed by atoms with Crippen molar-refractivity contribution >= 4 is 55.4 Å². The van der Waals surface area contributed by atoms with Crippen LogP contribution >= 0.6 is 38.4 Å². The first-order valence-corrected chi connectivity index (χ1v) is 15.4. The standard InChI is InChI=1S/C19H24Cl2N6O9P2/c1-2-34-38(33,9-37(30,31)32)35-8-12-14(28)15(29)18(36-12)27-17-13(25-26-27)16(23-19(21)24-17)22-7-10-5-3-4-6-11(10)20/h3-6,12,14-15,18,28-29H,2,7-9H2,1H3,(H,22,23,24)(H2,30,31,32)/t12-,14-,15-,18-,38?/m1/s1. The average molecular weight is 613 g/mol. The number of aromatic nitrogens is 5. The number of hydrogen-bond acceptors (Lipinski definition) is 12. The summed E-state index contributed by atoms with van der Waals surface area (Å²) in [4.78, 5) is 26.7. The molecular formula is C19H24Cl2N6O9P2. The monoisotopic (exact) mass is 612 g/mol. The van der Waals surface area contributed by atoms with Gasteiger partial charge in [0, 0.05) is 11.6 Å². The van der Waals surface area contributed by atoms with Crippen molar-refractivity contribution in [3.05, 3.63) is 40.1 Å². The van der Waals surface area contributed by atoms with E-state index in [0.717, 1.165) is 10.2 Å². The van der Waals surface area contributed by atoms with E-state index >= 15 is 0 Å². The van der Waals surface area contributed by atoms with Crippen LogP contribution < -0.4 is 5.32 Å². The highest BCUT2D eigenvalue weighted by Gasteiger charge is 2.46. The van der Waals surface area contributed by atoms with Crippen LogP contribution in [0.4, 0.5) is 5.82 Å². The Bertz CT molecular complexity index is 1390. The third kappa shape index (κ3) is 6.69. The second-order valence-corrected chi connectivity index (χ2v) is 13.1. The highest BCUT2D eigenvalue weighted by Crippen LogP contribution is 2.59. The second-order valence-electron chi connectivity index (χ2n) is 8.17. The molecule has 1 unspecified atom stereocenters. The predicted molar refractivity (Wildman–Crippen MR) is 135 cm³/mol. The van der Waals surface area contributed by atoms with Crippen LogP contribution in [-0.4, -0.2) is 82.4 Å². The van der Waals surface area contributed by atoms with E-state index in [1.807, 2.05) is 12.1 Å². The Labute approximate surface area is 225 Å². The van der Waals surface area contributed by atoms with Crippen molar-refractivity contribution in [1.29, 1.82) is 0 Å². The molecule has 0 aliphatic carbocycles. The van der Waals surface area contributed by atoms with Gasteiger partial charge in [0.2, 0.25) is 5.28 Å². The summed E-state index contributed by atoms with van der Waals surface area (Å²) in [7, 11) is -8.99. The van der Waals surface area contributed by atoms with Gasteiger partial charge >= 0.3 is 15.2 Å². The average Bonchev–Trinajstić information content (AvgIpc) is 3.37. The van der Waals surface area contributed by atoms with Crippen LogP contribution in [0.1, 0.15) is 18.7 Å². The lowest BCUT2D eigenvalue weighted by Gasteiger charge is -2.21. The predicted octanol–water partition coefficient (Wildman–Crippen LogP) is 2.14. The highest BCUT2D eigenvalue weighted by atomic mass is 35.5. The summed E-state index contributed by atoms with van der Waals surface area (Å²) >= 11 is 12.3. The lowest BCUT2D eigenvalue weighted by molar-refractivity contribution is -0.0554. The smallest absolute Gasteiger partial charge is 0.342 e. The Hall–Kier alpha value is -1.74. The Morgan fingerprint density at radius 1 is 1.13 bits per heavy atom. The molecule has 1 saturated heterocycles. The van der Waals surface area contributed by atoms with Crippen LogP contribution in [0.2, 0.25) is 10.3 Å². The summed E-state index contributed by atoms with van der Waals surface area (Å²) in [6, 6.07) is 7.18. The van der Waals surface area contributed by atoms with Crippen molar-refractivity contribution in [1.82, 2.24) is 25.0 Å². The molecule has 0 amide bonds. The number of aliphatic hydroxyl groups is 2. The van der Waals surface area contributed by atoms with Gasteiger partial charge in [0.05, 0.1) is 13.2 Å². The quantitative estimate of drug-likeness (QED) is 0.155. The molecule has 5 N–H and O–H groups in total. The number of anilines is 1. The maximum atomic E-state index is 12.7. The van der Waals surface area contributed by atoms with Crippen LogP contribution in [0, 0.1) is 0 Å². The Kier molecular flexibility index (Phi) is 9.07. The van der Waals surface area contributed by atoms with Gasteiger partial charge in [0.25, 0.3) is 0 Å². The number of ether oxygens (including phenoxy) is 1. The van der Waals surface area contributed by atoms with Gasteiger partial charge < -0.3 is 39.1 Å². The van der Waals surface area contributed by atoms with Gasteiger partial charge in [-0.15, -0.1) is 5.10 Å². The van der Waals surface area contributed by atoms with E-state index in [0.29, 0.717) is 5.02 Å². The molecule has 0 bridgehead atoms. The van der Waals surface area contributed by atoms with Crippen molar-refractivity contribution in [2.75, 3.05) is 24.4 Å². The van der Waals surface area contributed by atoms with E-state index in [1.165, 1.54) is 6.92 Å². The van der Waals surface area contributed by atoms with Crippen molar-refractivity contribution < 1.29 is 42.9 Å². The summed E-state index contributed by atoms with van der Waals surface area (Å²) in [6.45, 7) is 0.995. The molecule has 0 spiro atoms. The van der Waals surface area contributed by atoms with Gasteiger partial charge in [0.1, 0.15) is 18.3 Å². The van der Waals surface area contributed by atoms with Crippen LogP contribution in [0.25, 0.3) is 11.2 Å². The van der Waals surface area contributed by atoms with Gasteiger partial charge in [-0.2, -0.15) is 14.6 Å². The molecule has 208 valence electrons. The minimum absolute atomic E-state index is 0.0750. The third-order valence-electron chi connectivity index (χ3n) is 5.40. The summed E-state index contributed by atoms with van der Waals surface area (Å²) < 4.78 is 40.9. The van der Waals surface area contributed by atoms with Crippen LogP contribution in [0.15, 0.2) is 24.3 Å². The Morgan fingerprint density at radius 2 is 1.87 bits per heavy atom. The number of aliphatic hydroxyl groups excluding tert-OH is 2. The molecule has 3 heterocycles. The van der Waals surface area contributed by atoms with Gasteiger partial charge in [0.15, 0.2) is 29.1 Å². The van der Waals surface area contributed by atoms with E-state index in [4.69, 9.17) is 37.0 Å². The van der Waals surface area contributed by atoms with Crippen molar-refractivity contribution in [3.63, 3.8) is 0 Å². The van der Waals surface area contributed by atoms with E-state index in [9.17, 15) is 29.1 Å². The molecule has 1 aliphatic heterocycles.